The summed E-state index contributed by atoms with van der Waals surface area (Å²) in [6.45, 7) is 0. The van der Waals surface area contributed by atoms with Gasteiger partial charge in [-0.2, -0.15) is 5.10 Å². The number of hydrogen-bond acceptors (Lipinski definition) is 3. The average molecular weight is 311 g/mol. The number of halogens is 1. The maximum absolute atomic E-state index is 11.9. The van der Waals surface area contributed by atoms with E-state index in [9.17, 15) is 9.90 Å². The van der Waals surface area contributed by atoms with Crippen LogP contribution in [0.4, 0.5) is 0 Å². The van der Waals surface area contributed by atoms with Crippen molar-refractivity contribution in [3.8, 4) is 5.75 Å². The van der Waals surface area contributed by atoms with Crippen LogP contribution in [0.3, 0.4) is 0 Å². The van der Waals surface area contributed by atoms with Gasteiger partial charge in [-0.15, -0.1) is 0 Å². The van der Waals surface area contributed by atoms with Gasteiger partial charge in [0, 0.05) is 10.2 Å². The number of carbonyl (C=O) groups is 1. The van der Waals surface area contributed by atoms with Crippen LogP contribution in [0.25, 0.3) is 0 Å². The van der Waals surface area contributed by atoms with E-state index in [1.54, 1.807) is 12.1 Å². The quantitative estimate of drug-likeness (QED) is 0.824. The Morgan fingerprint density at radius 2 is 2.00 bits per heavy atom. The van der Waals surface area contributed by atoms with Crippen LogP contribution in [0.5, 0.6) is 5.75 Å². The number of aromatic hydroxyl groups is 1. The molecular formula is C13H15BrN2O2. The van der Waals surface area contributed by atoms with Gasteiger partial charge in [0.1, 0.15) is 5.75 Å². The number of phenolic OH excluding ortho intramolecular Hbond substituents is 1. The third kappa shape index (κ3) is 3.32. The zero-order valence-corrected chi connectivity index (χ0v) is 11.5. The van der Waals surface area contributed by atoms with Gasteiger partial charge < -0.3 is 5.11 Å². The number of carbonyl (C=O) groups excluding carboxylic acids is 1. The minimum Gasteiger partial charge on any atom is -0.507 e. The van der Waals surface area contributed by atoms with Gasteiger partial charge in [-0.1, -0.05) is 22.4 Å². The molecule has 0 atom stereocenters. The number of phenols is 1. The van der Waals surface area contributed by atoms with Gasteiger partial charge >= 0.3 is 0 Å². The molecule has 1 aliphatic rings. The lowest BCUT2D eigenvalue weighted by Crippen LogP contribution is -2.20. The Bertz CT molecular complexity index is 478. The highest BCUT2D eigenvalue weighted by Crippen LogP contribution is 2.21. The molecule has 2 rings (SSSR count). The SMILES string of the molecule is O=C(NN=C1CCCCC1)c1cc(Br)ccc1O. The van der Waals surface area contributed by atoms with E-state index in [1.807, 2.05) is 0 Å². The van der Waals surface area contributed by atoms with E-state index in [1.165, 1.54) is 12.5 Å². The van der Waals surface area contributed by atoms with E-state index in [-0.39, 0.29) is 17.2 Å². The lowest BCUT2D eigenvalue weighted by atomic mass is 9.99. The first-order chi connectivity index (χ1) is 8.66. The molecular weight excluding hydrogens is 296 g/mol. The molecule has 0 unspecified atom stereocenters. The van der Waals surface area contributed by atoms with Crippen LogP contribution in [-0.2, 0) is 0 Å². The molecule has 0 bridgehead atoms. The molecule has 0 aromatic heterocycles. The lowest BCUT2D eigenvalue weighted by Gasteiger charge is -2.12. The molecule has 96 valence electrons. The Labute approximate surface area is 114 Å². The Morgan fingerprint density at radius 1 is 1.28 bits per heavy atom. The lowest BCUT2D eigenvalue weighted by molar-refractivity contribution is 0.0952. The van der Waals surface area contributed by atoms with E-state index in [2.05, 4.69) is 26.5 Å². The summed E-state index contributed by atoms with van der Waals surface area (Å²) in [6, 6.07) is 4.73. The maximum atomic E-state index is 11.9. The molecule has 1 aromatic carbocycles. The molecule has 1 amide bonds. The number of benzene rings is 1. The van der Waals surface area contributed by atoms with Crippen molar-refractivity contribution in [1.29, 1.82) is 0 Å². The first kappa shape index (κ1) is 13.1. The number of nitrogens with zero attached hydrogens (tertiary/aromatic N) is 1. The highest BCUT2D eigenvalue weighted by Gasteiger charge is 2.12. The Hall–Kier alpha value is -1.36. The molecule has 2 N–H and O–H groups in total. The summed E-state index contributed by atoms with van der Waals surface area (Å²) in [4.78, 5) is 11.9. The van der Waals surface area contributed by atoms with Crippen molar-refractivity contribution in [2.75, 3.05) is 0 Å². The van der Waals surface area contributed by atoms with Crippen molar-refractivity contribution in [3.63, 3.8) is 0 Å². The highest BCUT2D eigenvalue weighted by atomic mass is 79.9. The molecule has 1 aromatic rings. The third-order valence-electron chi connectivity index (χ3n) is 2.95. The molecule has 0 spiro atoms. The van der Waals surface area contributed by atoms with Crippen molar-refractivity contribution < 1.29 is 9.90 Å². The summed E-state index contributed by atoms with van der Waals surface area (Å²) < 4.78 is 0.746. The second kappa shape index (κ2) is 6.00. The van der Waals surface area contributed by atoms with E-state index >= 15 is 0 Å². The molecule has 1 saturated carbocycles. The zero-order chi connectivity index (χ0) is 13.0. The van der Waals surface area contributed by atoms with Gasteiger partial charge in [0.05, 0.1) is 5.56 Å². The fourth-order valence-corrected chi connectivity index (χ4v) is 2.31. The maximum Gasteiger partial charge on any atom is 0.275 e. The van der Waals surface area contributed by atoms with Crippen molar-refractivity contribution >= 4 is 27.5 Å². The summed E-state index contributed by atoms with van der Waals surface area (Å²) in [7, 11) is 0. The smallest absolute Gasteiger partial charge is 0.275 e. The van der Waals surface area contributed by atoms with Crippen LogP contribution in [0, 0.1) is 0 Å². The first-order valence-electron chi connectivity index (χ1n) is 6.01. The predicted molar refractivity (Wildman–Crippen MR) is 73.8 cm³/mol. The number of rotatable bonds is 2. The normalized spacial score (nSPS) is 15.3. The zero-order valence-electron chi connectivity index (χ0n) is 9.95. The van der Waals surface area contributed by atoms with Crippen LogP contribution in [0.2, 0.25) is 0 Å². The van der Waals surface area contributed by atoms with Gasteiger partial charge in [-0.05, 0) is 43.9 Å². The Morgan fingerprint density at radius 3 is 2.72 bits per heavy atom. The van der Waals surface area contributed by atoms with Crippen molar-refractivity contribution in [2.45, 2.75) is 32.1 Å². The van der Waals surface area contributed by atoms with E-state index in [4.69, 9.17) is 0 Å². The summed E-state index contributed by atoms with van der Waals surface area (Å²) >= 11 is 3.27. The standard InChI is InChI=1S/C13H15BrN2O2/c14-9-6-7-12(17)11(8-9)13(18)16-15-10-4-2-1-3-5-10/h6-8,17H,1-5H2,(H,16,18). The van der Waals surface area contributed by atoms with Gasteiger partial charge in [0.15, 0.2) is 0 Å². The Balaban J connectivity index is 2.05. The van der Waals surface area contributed by atoms with Crippen LogP contribution < -0.4 is 5.43 Å². The first-order valence-corrected chi connectivity index (χ1v) is 6.80. The molecule has 4 nitrogen and oxygen atoms in total. The van der Waals surface area contributed by atoms with Gasteiger partial charge in [-0.25, -0.2) is 5.43 Å². The molecule has 0 saturated heterocycles. The summed E-state index contributed by atoms with van der Waals surface area (Å²) in [6.07, 6.45) is 5.41. The van der Waals surface area contributed by atoms with Gasteiger partial charge in [0.25, 0.3) is 5.91 Å². The largest absolute Gasteiger partial charge is 0.507 e. The predicted octanol–water partition coefficient (Wildman–Crippen LogP) is 3.20. The number of hydrazone groups is 1. The molecule has 0 radical (unpaired) electrons. The second-order valence-corrected chi connectivity index (χ2v) is 5.26. The minimum atomic E-state index is -0.383. The third-order valence-corrected chi connectivity index (χ3v) is 3.44. The van der Waals surface area contributed by atoms with Gasteiger partial charge in [0.2, 0.25) is 0 Å². The minimum absolute atomic E-state index is 0.0421. The van der Waals surface area contributed by atoms with Crippen molar-refractivity contribution in [3.05, 3.63) is 28.2 Å². The van der Waals surface area contributed by atoms with E-state index in [0.717, 1.165) is 35.9 Å². The fraction of sp³-hybridized carbons (Fsp3) is 0.385. The summed E-state index contributed by atoms with van der Waals surface area (Å²) in [5, 5.41) is 13.7. The molecule has 0 aliphatic heterocycles. The number of amides is 1. The molecule has 1 aliphatic carbocycles. The average Bonchev–Trinajstić information content (AvgIpc) is 2.40. The summed E-state index contributed by atoms with van der Waals surface area (Å²) in [5.74, 6) is -0.425. The number of nitrogens with one attached hydrogen (secondary N) is 1. The Kier molecular flexibility index (Phi) is 4.36. The topological polar surface area (TPSA) is 61.7 Å². The van der Waals surface area contributed by atoms with Crippen LogP contribution in [0.1, 0.15) is 42.5 Å². The summed E-state index contributed by atoms with van der Waals surface area (Å²) in [5.41, 5.74) is 3.76. The van der Waals surface area contributed by atoms with Crippen LogP contribution in [0.15, 0.2) is 27.8 Å². The van der Waals surface area contributed by atoms with Crippen LogP contribution in [-0.4, -0.2) is 16.7 Å². The molecule has 0 heterocycles. The van der Waals surface area contributed by atoms with Crippen LogP contribution >= 0.6 is 15.9 Å². The second-order valence-electron chi connectivity index (χ2n) is 4.34. The molecule has 18 heavy (non-hydrogen) atoms. The van der Waals surface area contributed by atoms with Crippen molar-refractivity contribution in [1.82, 2.24) is 5.43 Å². The molecule has 5 heteroatoms. The number of hydrogen-bond donors (Lipinski definition) is 2. The molecule has 1 fully saturated rings. The van der Waals surface area contributed by atoms with E-state index < -0.39 is 0 Å². The van der Waals surface area contributed by atoms with Crippen molar-refractivity contribution in [2.24, 2.45) is 5.10 Å². The van der Waals surface area contributed by atoms with E-state index in [0.29, 0.717) is 0 Å². The monoisotopic (exact) mass is 310 g/mol. The fourth-order valence-electron chi connectivity index (χ4n) is 1.95. The highest BCUT2D eigenvalue weighted by molar-refractivity contribution is 9.10. The van der Waals surface area contributed by atoms with Gasteiger partial charge in [-0.3, -0.25) is 4.79 Å².